The molecule has 0 bridgehead atoms. The first-order chi connectivity index (χ1) is 14.4. The molecule has 1 aromatic heterocycles. The van der Waals surface area contributed by atoms with Crippen LogP contribution in [0.3, 0.4) is 0 Å². The number of Topliss-reactive ketones (excluding diaryl/α,β-unsaturated/α-hetero) is 1. The van der Waals surface area contributed by atoms with Crippen molar-refractivity contribution in [1.82, 2.24) is 14.8 Å². The van der Waals surface area contributed by atoms with E-state index >= 15 is 0 Å². The second-order valence-corrected chi connectivity index (χ2v) is 8.94. The number of thioether (sulfide) groups is 1. The van der Waals surface area contributed by atoms with Crippen molar-refractivity contribution in [2.75, 3.05) is 19.8 Å². The molecule has 30 heavy (non-hydrogen) atoms. The maximum Gasteiger partial charge on any atom is 0.196 e. The Hall–Kier alpha value is -2.51. The lowest BCUT2D eigenvalue weighted by atomic mass is 10.0. The summed E-state index contributed by atoms with van der Waals surface area (Å²) in [4.78, 5) is 14.0. The zero-order valence-corrected chi connectivity index (χ0v) is 18.3. The number of carbonyl (C=O) groups is 1. The summed E-state index contributed by atoms with van der Waals surface area (Å²) in [5.74, 6) is 0.854. The van der Waals surface area contributed by atoms with Crippen molar-refractivity contribution in [3.05, 3.63) is 70.8 Å². The van der Waals surface area contributed by atoms with Gasteiger partial charge in [0.05, 0.1) is 19.8 Å². The Morgan fingerprint density at radius 1 is 1.13 bits per heavy atom. The predicted octanol–water partition coefficient (Wildman–Crippen LogP) is 3.08. The number of benzene rings is 2. The van der Waals surface area contributed by atoms with Crippen molar-refractivity contribution in [1.29, 1.82) is 0 Å². The van der Waals surface area contributed by atoms with Gasteiger partial charge in [0, 0.05) is 11.3 Å². The fourth-order valence-electron chi connectivity index (χ4n) is 3.70. The molecule has 0 saturated heterocycles. The third-order valence-corrected chi connectivity index (χ3v) is 6.68. The number of aromatic nitrogens is 3. The topological polar surface area (TPSA) is 52.2 Å². The lowest BCUT2D eigenvalue weighted by Gasteiger charge is -2.18. The third kappa shape index (κ3) is 4.18. The molecule has 0 amide bonds. The Labute approximate surface area is 180 Å². The molecule has 1 aliphatic carbocycles. The highest BCUT2D eigenvalue weighted by atomic mass is 32.2. The summed E-state index contributed by atoms with van der Waals surface area (Å²) < 4.78 is 15.4. The Morgan fingerprint density at radius 3 is 2.60 bits per heavy atom. The number of hydrogen-bond donors (Lipinski definition) is 1. The molecule has 1 atom stereocenters. The summed E-state index contributed by atoms with van der Waals surface area (Å²) >= 11 is 1.37. The van der Waals surface area contributed by atoms with Crippen molar-refractivity contribution < 1.29 is 14.1 Å². The predicted molar refractivity (Wildman–Crippen MR) is 116 cm³/mol. The van der Waals surface area contributed by atoms with E-state index in [-0.39, 0.29) is 23.4 Å². The summed E-state index contributed by atoms with van der Waals surface area (Å²) in [5.41, 5.74) is 4.20. The summed E-state index contributed by atoms with van der Waals surface area (Å²) in [6, 6.07) is 12.4. The van der Waals surface area contributed by atoms with Gasteiger partial charge in [0.15, 0.2) is 16.8 Å². The normalized spacial score (nSPS) is 14.2. The van der Waals surface area contributed by atoms with Gasteiger partial charge < -0.3 is 4.90 Å². The average Bonchev–Trinajstić information content (AvgIpc) is 3.38. The Bertz CT molecular complexity index is 1060. The number of quaternary nitrogens is 1. The highest BCUT2D eigenvalue weighted by Crippen LogP contribution is 2.27. The van der Waals surface area contributed by atoms with Crippen LogP contribution in [-0.2, 0) is 12.8 Å². The van der Waals surface area contributed by atoms with Crippen molar-refractivity contribution in [3.8, 4) is 5.69 Å². The van der Waals surface area contributed by atoms with Crippen molar-refractivity contribution >= 4 is 17.5 Å². The van der Waals surface area contributed by atoms with Crippen LogP contribution in [0.2, 0.25) is 0 Å². The van der Waals surface area contributed by atoms with Crippen LogP contribution in [0.15, 0.2) is 47.6 Å². The van der Waals surface area contributed by atoms with Crippen LogP contribution in [-0.4, -0.2) is 40.4 Å². The number of nitrogens with zero attached hydrogens (tertiary/aromatic N) is 3. The molecule has 0 fully saturated rings. The maximum atomic E-state index is 13.5. The smallest absolute Gasteiger partial charge is 0.196 e. The number of aryl methyl sites for hydroxylation is 2. The van der Waals surface area contributed by atoms with Gasteiger partial charge in [-0.1, -0.05) is 23.9 Å². The molecule has 7 heteroatoms. The fraction of sp³-hybridized carbons (Fsp3) is 0.348. The largest absolute Gasteiger partial charge is 0.331 e. The minimum Gasteiger partial charge on any atom is -0.331 e. The number of ketones is 1. The lowest BCUT2D eigenvalue weighted by molar-refractivity contribution is -0.890. The minimum absolute atomic E-state index is 0.0798. The van der Waals surface area contributed by atoms with Gasteiger partial charge in [-0.25, -0.2) is 4.39 Å². The van der Waals surface area contributed by atoms with E-state index in [4.69, 9.17) is 0 Å². The van der Waals surface area contributed by atoms with E-state index in [9.17, 15) is 9.18 Å². The van der Waals surface area contributed by atoms with Crippen LogP contribution in [0, 0.1) is 5.82 Å². The van der Waals surface area contributed by atoms with Crippen LogP contribution < -0.4 is 4.90 Å². The van der Waals surface area contributed by atoms with Gasteiger partial charge in [0.25, 0.3) is 0 Å². The zero-order chi connectivity index (χ0) is 21.3. The molecule has 156 valence electrons. The van der Waals surface area contributed by atoms with E-state index in [1.54, 1.807) is 12.1 Å². The first kappa shape index (κ1) is 20.8. The van der Waals surface area contributed by atoms with E-state index in [2.05, 4.69) is 37.3 Å². The number of nitrogens with one attached hydrogen (secondary N) is 1. The van der Waals surface area contributed by atoms with Gasteiger partial charge in [0.2, 0.25) is 0 Å². The standard InChI is InChI=1S/C23H25FN4OS/c1-15(27(2)3)22-25-26-23(28(22)20-11-9-19(24)10-12-20)30-14-21(29)18-8-7-16-5-4-6-17(16)13-18/h7-13,15H,4-6,14H2,1-3H3/p+1/t15-/m1/s1. The van der Waals surface area contributed by atoms with E-state index < -0.39 is 0 Å². The SMILES string of the molecule is C[C@H](c1nnc(SCC(=O)c2ccc3c(c2)CCC3)n1-c1ccc(F)cc1)[NH+](C)C. The molecule has 0 radical (unpaired) electrons. The number of hydrogen-bond acceptors (Lipinski definition) is 4. The summed E-state index contributed by atoms with van der Waals surface area (Å²) in [7, 11) is 4.11. The molecule has 5 nitrogen and oxygen atoms in total. The quantitative estimate of drug-likeness (QED) is 0.467. The summed E-state index contributed by atoms with van der Waals surface area (Å²) in [5, 5.41) is 9.40. The molecule has 0 unspecified atom stereocenters. The average molecular weight is 426 g/mol. The van der Waals surface area contributed by atoms with E-state index in [0.29, 0.717) is 5.16 Å². The lowest BCUT2D eigenvalue weighted by Crippen LogP contribution is -3.05. The number of halogens is 1. The van der Waals surface area contributed by atoms with Gasteiger partial charge >= 0.3 is 0 Å². The fourth-order valence-corrected chi connectivity index (χ4v) is 4.56. The molecule has 0 spiro atoms. The zero-order valence-electron chi connectivity index (χ0n) is 17.5. The van der Waals surface area contributed by atoms with Gasteiger partial charge in [0.1, 0.15) is 11.9 Å². The van der Waals surface area contributed by atoms with Crippen LogP contribution in [0.4, 0.5) is 4.39 Å². The van der Waals surface area contributed by atoms with Crippen molar-refractivity contribution in [2.45, 2.75) is 37.4 Å². The van der Waals surface area contributed by atoms with Crippen molar-refractivity contribution in [3.63, 3.8) is 0 Å². The first-order valence-corrected chi connectivity index (χ1v) is 11.2. The number of carbonyl (C=O) groups excluding carboxylic acids is 1. The first-order valence-electron chi connectivity index (χ1n) is 10.2. The Kier molecular flexibility index (Phi) is 6.01. The second-order valence-electron chi connectivity index (χ2n) is 8.00. The van der Waals surface area contributed by atoms with E-state index in [1.165, 1.54) is 39.9 Å². The monoisotopic (exact) mass is 425 g/mol. The maximum absolute atomic E-state index is 13.5. The Morgan fingerprint density at radius 2 is 1.87 bits per heavy atom. The Balaban J connectivity index is 1.59. The van der Waals surface area contributed by atoms with Gasteiger partial charge in [-0.15, -0.1) is 10.2 Å². The molecule has 1 N–H and O–H groups in total. The molecule has 1 heterocycles. The molecular weight excluding hydrogens is 399 g/mol. The van der Waals surface area contributed by atoms with E-state index in [0.717, 1.165) is 36.3 Å². The van der Waals surface area contributed by atoms with Crippen LogP contribution in [0.5, 0.6) is 0 Å². The minimum atomic E-state index is -0.291. The van der Waals surface area contributed by atoms with Crippen LogP contribution in [0.25, 0.3) is 5.69 Å². The second kappa shape index (κ2) is 8.70. The van der Waals surface area contributed by atoms with Gasteiger partial charge in [-0.05, 0) is 67.6 Å². The molecular formula is C23H26FN4OS+. The van der Waals surface area contributed by atoms with Crippen molar-refractivity contribution in [2.24, 2.45) is 0 Å². The number of fused-ring (bicyclic) bond motifs is 1. The highest BCUT2D eigenvalue weighted by Gasteiger charge is 2.24. The number of rotatable bonds is 7. The third-order valence-electron chi connectivity index (χ3n) is 5.75. The highest BCUT2D eigenvalue weighted by molar-refractivity contribution is 7.99. The molecule has 2 aromatic carbocycles. The molecule has 1 aliphatic rings. The molecule has 3 aromatic rings. The summed E-state index contributed by atoms with van der Waals surface area (Å²) in [6.07, 6.45) is 3.32. The van der Waals surface area contributed by atoms with E-state index in [1.807, 2.05) is 16.7 Å². The van der Waals surface area contributed by atoms with Gasteiger partial charge in [-0.2, -0.15) is 0 Å². The molecule has 0 saturated carbocycles. The van der Waals surface area contributed by atoms with Crippen LogP contribution in [0.1, 0.15) is 46.7 Å². The van der Waals surface area contributed by atoms with Crippen LogP contribution >= 0.6 is 11.8 Å². The van der Waals surface area contributed by atoms with Gasteiger partial charge in [-0.3, -0.25) is 9.36 Å². The summed E-state index contributed by atoms with van der Waals surface area (Å²) in [6.45, 7) is 2.07. The molecule has 4 rings (SSSR count). The molecule has 0 aliphatic heterocycles.